The Balaban J connectivity index is 1.60. The Kier molecular flexibility index (Phi) is 3.90. The van der Waals surface area contributed by atoms with Crippen LogP contribution in [0.2, 0.25) is 0 Å². The molecule has 0 spiro atoms. The van der Waals surface area contributed by atoms with Crippen molar-refractivity contribution < 1.29 is 5.11 Å². The highest BCUT2D eigenvalue weighted by Crippen LogP contribution is 2.25. The summed E-state index contributed by atoms with van der Waals surface area (Å²) in [5.41, 5.74) is 3.85. The highest BCUT2D eigenvalue weighted by atomic mass is 16.3. The number of aryl methyl sites for hydroxylation is 1. The Morgan fingerprint density at radius 3 is 3.04 bits per heavy atom. The number of nitrogens with zero attached hydrogens (tertiary/aromatic N) is 3. The summed E-state index contributed by atoms with van der Waals surface area (Å²) < 4.78 is 0. The van der Waals surface area contributed by atoms with E-state index in [0.717, 1.165) is 59.4 Å². The molecule has 2 heterocycles. The van der Waals surface area contributed by atoms with Gasteiger partial charge in [0.05, 0.1) is 29.7 Å². The monoisotopic (exact) mass is 323 g/mol. The van der Waals surface area contributed by atoms with Crippen molar-refractivity contribution in [3.05, 3.63) is 36.3 Å². The molecule has 6 nitrogen and oxygen atoms in total. The zero-order valence-corrected chi connectivity index (χ0v) is 13.7. The number of benzene rings is 1. The molecule has 24 heavy (non-hydrogen) atoms. The van der Waals surface area contributed by atoms with Crippen LogP contribution < -0.4 is 5.32 Å². The summed E-state index contributed by atoms with van der Waals surface area (Å²) in [6.07, 6.45) is 7.08. The molecule has 3 aromatic rings. The van der Waals surface area contributed by atoms with Crippen LogP contribution in [-0.2, 0) is 0 Å². The molecule has 1 saturated carbocycles. The van der Waals surface area contributed by atoms with Crippen molar-refractivity contribution in [3.63, 3.8) is 0 Å². The maximum Gasteiger partial charge on any atom is 0.145 e. The maximum atomic E-state index is 9.81. The SMILES string of the molecule is Cc1[nH]nc2ccc(-c3cncc(NC4CCCC(O)C4)n3)cc12. The first-order chi connectivity index (χ1) is 11.7. The molecule has 0 bridgehead atoms. The van der Waals surface area contributed by atoms with E-state index in [-0.39, 0.29) is 12.1 Å². The summed E-state index contributed by atoms with van der Waals surface area (Å²) in [6.45, 7) is 2.01. The predicted molar refractivity (Wildman–Crippen MR) is 93.7 cm³/mol. The largest absolute Gasteiger partial charge is 0.393 e. The predicted octanol–water partition coefficient (Wildman–Crippen LogP) is 3.04. The van der Waals surface area contributed by atoms with Gasteiger partial charge in [-0.2, -0.15) is 5.10 Å². The molecule has 0 saturated heterocycles. The van der Waals surface area contributed by atoms with Crippen LogP contribution in [0.5, 0.6) is 0 Å². The van der Waals surface area contributed by atoms with Gasteiger partial charge in [-0.1, -0.05) is 6.07 Å². The lowest BCUT2D eigenvalue weighted by atomic mass is 9.93. The van der Waals surface area contributed by atoms with E-state index in [9.17, 15) is 5.11 Å². The van der Waals surface area contributed by atoms with Crippen molar-refractivity contribution in [2.24, 2.45) is 0 Å². The molecule has 3 N–H and O–H groups in total. The number of anilines is 1. The Morgan fingerprint density at radius 1 is 1.25 bits per heavy atom. The minimum Gasteiger partial charge on any atom is -0.393 e. The van der Waals surface area contributed by atoms with E-state index in [1.165, 1.54) is 0 Å². The summed E-state index contributed by atoms with van der Waals surface area (Å²) in [5.74, 6) is 0.760. The van der Waals surface area contributed by atoms with Gasteiger partial charge in [0.25, 0.3) is 0 Å². The van der Waals surface area contributed by atoms with E-state index in [1.54, 1.807) is 12.4 Å². The standard InChI is InChI=1S/C18H21N5O/c1-11-15-7-12(5-6-16(15)23-22-11)17-9-19-10-18(21-17)20-13-3-2-4-14(24)8-13/h5-7,9-10,13-14,24H,2-4,8H2,1H3,(H,20,21)(H,22,23). The second kappa shape index (κ2) is 6.20. The molecule has 2 atom stereocenters. The lowest BCUT2D eigenvalue weighted by Gasteiger charge is -2.27. The van der Waals surface area contributed by atoms with Crippen LogP contribution in [0, 0.1) is 6.92 Å². The maximum absolute atomic E-state index is 9.81. The molecular formula is C18H21N5O. The number of aromatic nitrogens is 4. The highest BCUT2D eigenvalue weighted by Gasteiger charge is 2.20. The van der Waals surface area contributed by atoms with Gasteiger partial charge in [0.15, 0.2) is 0 Å². The van der Waals surface area contributed by atoms with E-state index in [4.69, 9.17) is 4.98 Å². The third-order valence-corrected chi connectivity index (χ3v) is 4.67. The van der Waals surface area contributed by atoms with Crippen molar-refractivity contribution in [3.8, 4) is 11.3 Å². The number of aromatic amines is 1. The zero-order valence-electron chi connectivity index (χ0n) is 13.7. The van der Waals surface area contributed by atoms with Crippen LogP contribution in [0.1, 0.15) is 31.4 Å². The fourth-order valence-electron chi connectivity index (χ4n) is 3.38. The Bertz CT molecular complexity index is 859. The molecular weight excluding hydrogens is 302 g/mol. The smallest absolute Gasteiger partial charge is 0.145 e. The van der Waals surface area contributed by atoms with Crippen molar-refractivity contribution in [2.75, 3.05) is 5.32 Å². The average molecular weight is 323 g/mol. The molecule has 4 rings (SSSR count). The van der Waals surface area contributed by atoms with Gasteiger partial charge in [0.1, 0.15) is 5.82 Å². The lowest BCUT2D eigenvalue weighted by Crippen LogP contribution is -2.30. The second-order valence-corrected chi connectivity index (χ2v) is 6.53. The van der Waals surface area contributed by atoms with Crippen molar-refractivity contribution in [2.45, 2.75) is 44.8 Å². The first-order valence-corrected chi connectivity index (χ1v) is 8.41. The number of fused-ring (bicyclic) bond motifs is 1. The fraction of sp³-hybridized carbons (Fsp3) is 0.389. The van der Waals surface area contributed by atoms with Gasteiger partial charge in [-0.3, -0.25) is 10.1 Å². The molecule has 2 aromatic heterocycles. The van der Waals surface area contributed by atoms with Crippen LogP contribution in [-0.4, -0.2) is 37.4 Å². The van der Waals surface area contributed by atoms with E-state index in [0.29, 0.717) is 0 Å². The van der Waals surface area contributed by atoms with E-state index in [2.05, 4.69) is 26.6 Å². The topological polar surface area (TPSA) is 86.7 Å². The van der Waals surface area contributed by atoms with Crippen LogP contribution >= 0.6 is 0 Å². The van der Waals surface area contributed by atoms with E-state index < -0.39 is 0 Å². The van der Waals surface area contributed by atoms with Gasteiger partial charge in [-0.05, 0) is 44.7 Å². The van der Waals surface area contributed by atoms with Gasteiger partial charge in [-0.25, -0.2) is 4.98 Å². The fourth-order valence-corrected chi connectivity index (χ4v) is 3.38. The van der Waals surface area contributed by atoms with Gasteiger partial charge in [-0.15, -0.1) is 0 Å². The van der Waals surface area contributed by atoms with Crippen molar-refractivity contribution >= 4 is 16.7 Å². The first-order valence-electron chi connectivity index (χ1n) is 8.41. The van der Waals surface area contributed by atoms with E-state index in [1.807, 2.05) is 19.1 Å². The number of H-pyrrole nitrogens is 1. The van der Waals surface area contributed by atoms with Crippen LogP contribution in [0.4, 0.5) is 5.82 Å². The lowest BCUT2D eigenvalue weighted by molar-refractivity contribution is 0.124. The van der Waals surface area contributed by atoms with Gasteiger partial charge in [0.2, 0.25) is 0 Å². The third kappa shape index (κ3) is 2.97. The van der Waals surface area contributed by atoms with Crippen LogP contribution in [0.25, 0.3) is 22.2 Å². The Hall–Kier alpha value is -2.47. The number of aliphatic hydroxyl groups is 1. The number of nitrogens with one attached hydrogen (secondary N) is 2. The molecule has 0 radical (unpaired) electrons. The number of hydrogen-bond acceptors (Lipinski definition) is 5. The van der Waals surface area contributed by atoms with Crippen molar-refractivity contribution in [1.29, 1.82) is 0 Å². The third-order valence-electron chi connectivity index (χ3n) is 4.67. The van der Waals surface area contributed by atoms with Crippen LogP contribution in [0.3, 0.4) is 0 Å². The zero-order chi connectivity index (χ0) is 16.5. The summed E-state index contributed by atoms with van der Waals surface area (Å²) in [6, 6.07) is 6.36. The first kappa shape index (κ1) is 15.1. The molecule has 0 amide bonds. The van der Waals surface area contributed by atoms with Crippen molar-refractivity contribution in [1.82, 2.24) is 20.2 Å². The van der Waals surface area contributed by atoms with Crippen LogP contribution in [0.15, 0.2) is 30.6 Å². The molecule has 1 aromatic carbocycles. The molecule has 0 aliphatic heterocycles. The summed E-state index contributed by atoms with van der Waals surface area (Å²) >= 11 is 0. The normalized spacial score (nSPS) is 21.1. The number of rotatable bonds is 3. The van der Waals surface area contributed by atoms with E-state index >= 15 is 0 Å². The molecule has 2 unspecified atom stereocenters. The molecule has 1 fully saturated rings. The quantitative estimate of drug-likeness (QED) is 0.689. The van der Waals surface area contributed by atoms with Gasteiger partial charge < -0.3 is 10.4 Å². The summed E-state index contributed by atoms with van der Waals surface area (Å²) in [4.78, 5) is 9.02. The number of hydrogen-bond donors (Lipinski definition) is 3. The minimum atomic E-state index is -0.209. The average Bonchev–Trinajstić information content (AvgIpc) is 2.96. The summed E-state index contributed by atoms with van der Waals surface area (Å²) in [5, 5.41) is 21.6. The molecule has 124 valence electrons. The molecule has 6 heteroatoms. The highest BCUT2D eigenvalue weighted by molar-refractivity contribution is 5.85. The Labute approximate surface area is 140 Å². The molecule has 1 aliphatic rings. The minimum absolute atomic E-state index is 0.209. The Morgan fingerprint density at radius 2 is 2.17 bits per heavy atom. The molecule has 1 aliphatic carbocycles. The summed E-state index contributed by atoms with van der Waals surface area (Å²) in [7, 11) is 0. The second-order valence-electron chi connectivity index (χ2n) is 6.53. The van der Waals surface area contributed by atoms with Gasteiger partial charge >= 0.3 is 0 Å². The number of aliphatic hydroxyl groups excluding tert-OH is 1. The van der Waals surface area contributed by atoms with Gasteiger partial charge in [0, 0.05) is 22.7 Å².